The van der Waals surface area contributed by atoms with Crippen molar-refractivity contribution in [2.24, 2.45) is 0 Å². The molecule has 0 aliphatic carbocycles. The number of sulfonamides is 1. The lowest BCUT2D eigenvalue weighted by atomic mass is 10.1. The maximum absolute atomic E-state index is 13.4. The molecule has 6 nitrogen and oxygen atoms in total. The lowest BCUT2D eigenvalue weighted by Crippen LogP contribution is -2.42. The first kappa shape index (κ1) is 25.6. The molecular formula is C26H29ClN2O4S. The third kappa shape index (κ3) is 6.74. The fraction of sp³-hybridized carbons (Fsp3) is 0.269. The molecule has 1 N–H and O–H groups in total. The fourth-order valence-electron chi connectivity index (χ4n) is 3.50. The Kier molecular flexibility index (Phi) is 8.96. The zero-order valence-corrected chi connectivity index (χ0v) is 20.9. The van der Waals surface area contributed by atoms with Gasteiger partial charge in [-0.05, 0) is 66.9 Å². The topological polar surface area (TPSA) is 75.7 Å². The van der Waals surface area contributed by atoms with Crippen molar-refractivity contribution in [1.29, 1.82) is 0 Å². The third-order valence-corrected chi connectivity index (χ3v) is 7.21. The number of hydrogen-bond acceptors (Lipinski definition) is 4. The highest BCUT2D eigenvalue weighted by molar-refractivity contribution is 7.92. The van der Waals surface area contributed by atoms with Crippen LogP contribution < -0.4 is 14.4 Å². The molecule has 1 amide bonds. The first-order valence-corrected chi connectivity index (χ1v) is 13.0. The average Bonchev–Trinajstić information content (AvgIpc) is 2.82. The second kappa shape index (κ2) is 11.9. The minimum Gasteiger partial charge on any atom is -0.492 e. The van der Waals surface area contributed by atoms with Crippen LogP contribution in [0.3, 0.4) is 0 Å². The number of anilines is 1. The van der Waals surface area contributed by atoms with Gasteiger partial charge in [0.15, 0.2) is 0 Å². The van der Waals surface area contributed by atoms with Crippen LogP contribution in [0.2, 0.25) is 5.02 Å². The van der Waals surface area contributed by atoms with Crippen LogP contribution in [0, 0.1) is 6.92 Å². The van der Waals surface area contributed by atoms with Crippen LogP contribution in [-0.2, 0) is 21.2 Å². The Hall–Kier alpha value is -3.03. The number of amides is 1. The summed E-state index contributed by atoms with van der Waals surface area (Å²) in [6, 6.07) is 20.8. The highest BCUT2D eigenvalue weighted by atomic mass is 35.5. The van der Waals surface area contributed by atoms with Gasteiger partial charge in [-0.15, -0.1) is 0 Å². The molecule has 0 unspecified atom stereocenters. The number of nitrogens with zero attached hydrogens (tertiary/aromatic N) is 1. The predicted octanol–water partition coefficient (Wildman–Crippen LogP) is 4.99. The van der Waals surface area contributed by atoms with E-state index in [-0.39, 0.29) is 24.6 Å². The second-order valence-electron chi connectivity index (χ2n) is 7.85. The van der Waals surface area contributed by atoms with Crippen molar-refractivity contribution in [2.75, 3.05) is 24.0 Å². The van der Waals surface area contributed by atoms with Gasteiger partial charge in [0.1, 0.15) is 18.9 Å². The first-order chi connectivity index (χ1) is 16.3. The highest BCUT2D eigenvalue weighted by Gasteiger charge is 2.28. The Morgan fingerprint density at radius 3 is 2.38 bits per heavy atom. The number of benzene rings is 3. The van der Waals surface area contributed by atoms with Gasteiger partial charge in [-0.3, -0.25) is 9.10 Å². The minimum absolute atomic E-state index is 0.104. The molecule has 3 aromatic rings. The Bertz CT molecular complexity index is 1200. The quantitative estimate of drug-likeness (QED) is 0.376. The Morgan fingerprint density at radius 1 is 1.03 bits per heavy atom. The highest BCUT2D eigenvalue weighted by Crippen LogP contribution is 2.28. The van der Waals surface area contributed by atoms with Crippen LogP contribution >= 0.6 is 11.6 Å². The Balaban J connectivity index is 1.67. The number of hydrogen-bond donors (Lipinski definition) is 1. The molecule has 0 heterocycles. The standard InChI is InChI=1S/C26H29ClN2O4S/c1-3-7-21-10-13-23(14-11-21)33-17-16-28-26(30)19-29(25-15-12-22(27)18-20(25)2)34(31,32)24-8-5-4-6-9-24/h4-6,8-15,18H,3,7,16-17,19H2,1-2H3,(H,28,30). The van der Waals surface area contributed by atoms with Gasteiger partial charge in [-0.1, -0.05) is 55.3 Å². The molecule has 34 heavy (non-hydrogen) atoms. The largest absolute Gasteiger partial charge is 0.492 e. The molecule has 0 spiro atoms. The van der Waals surface area contributed by atoms with E-state index in [9.17, 15) is 13.2 Å². The average molecular weight is 501 g/mol. The number of rotatable bonds is 11. The molecule has 8 heteroatoms. The minimum atomic E-state index is -3.97. The van der Waals surface area contributed by atoms with Crippen LogP contribution in [-0.4, -0.2) is 34.0 Å². The summed E-state index contributed by atoms with van der Waals surface area (Å²) in [6.07, 6.45) is 2.10. The molecule has 0 radical (unpaired) electrons. The molecule has 3 aromatic carbocycles. The number of carbonyl (C=O) groups is 1. The van der Waals surface area contributed by atoms with E-state index in [4.69, 9.17) is 16.3 Å². The Morgan fingerprint density at radius 2 is 1.74 bits per heavy atom. The zero-order valence-electron chi connectivity index (χ0n) is 19.3. The van der Waals surface area contributed by atoms with E-state index in [1.54, 1.807) is 43.3 Å². The third-order valence-electron chi connectivity index (χ3n) is 5.20. The monoisotopic (exact) mass is 500 g/mol. The summed E-state index contributed by atoms with van der Waals surface area (Å²) in [6.45, 7) is 4.03. The number of carbonyl (C=O) groups excluding carboxylic acids is 1. The van der Waals surface area contributed by atoms with Crippen LogP contribution in [0.1, 0.15) is 24.5 Å². The van der Waals surface area contributed by atoms with Gasteiger partial charge in [0.2, 0.25) is 5.91 Å². The van der Waals surface area contributed by atoms with Gasteiger partial charge in [-0.25, -0.2) is 8.42 Å². The van der Waals surface area contributed by atoms with Gasteiger partial charge in [-0.2, -0.15) is 0 Å². The van der Waals surface area contributed by atoms with Crippen LogP contribution in [0.15, 0.2) is 77.7 Å². The number of nitrogens with one attached hydrogen (secondary N) is 1. The summed E-state index contributed by atoms with van der Waals surface area (Å²) in [5.41, 5.74) is 2.29. The van der Waals surface area contributed by atoms with Gasteiger partial charge >= 0.3 is 0 Å². The van der Waals surface area contributed by atoms with Crippen molar-refractivity contribution >= 4 is 33.2 Å². The molecule has 3 rings (SSSR count). The Labute approximate surface area is 206 Å². The maximum Gasteiger partial charge on any atom is 0.264 e. The zero-order chi connectivity index (χ0) is 24.6. The lowest BCUT2D eigenvalue weighted by molar-refractivity contribution is -0.119. The van der Waals surface area contributed by atoms with Crippen molar-refractivity contribution in [3.8, 4) is 5.75 Å². The van der Waals surface area contributed by atoms with Gasteiger partial charge in [0.05, 0.1) is 17.1 Å². The van der Waals surface area contributed by atoms with Crippen molar-refractivity contribution in [3.05, 3.63) is 88.9 Å². The van der Waals surface area contributed by atoms with E-state index in [0.717, 1.165) is 22.9 Å². The fourth-order valence-corrected chi connectivity index (χ4v) is 5.24. The first-order valence-electron chi connectivity index (χ1n) is 11.1. The smallest absolute Gasteiger partial charge is 0.264 e. The molecule has 0 bridgehead atoms. The molecule has 0 aliphatic rings. The normalized spacial score (nSPS) is 11.1. The maximum atomic E-state index is 13.4. The molecule has 0 atom stereocenters. The number of aryl methyl sites for hydroxylation is 2. The van der Waals surface area contributed by atoms with Crippen LogP contribution in [0.4, 0.5) is 5.69 Å². The summed E-state index contributed by atoms with van der Waals surface area (Å²) in [5.74, 6) is 0.287. The van der Waals surface area contributed by atoms with E-state index in [1.807, 2.05) is 24.3 Å². The second-order valence-corrected chi connectivity index (χ2v) is 10.1. The van der Waals surface area contributed by atoms with Gasteiger partial charge in [0.25, 0.3) is 10.0 Å². The molecule has 0 fully saturated rings. The van der Waals surface area contributed by atoms with Crippen molar-refractivity contribution < 1.29 is 17.9 Å². The van der Waals surface area contributed by atoms with Crippen LogP contribution in [0.25, 0.3) is 0 Å². The summed E-state index contributed by atoms with van der Waals surface area (Å²) >= 11 is 6.06. The summed E-state index contributed by atoms with van der Waals surface area (Å²) in [4.78, 5) is 12.8. The summed E-state index contributed by atoms with van der Waals surface area (Å²) < 4.78 is 33.6. The molecule has 0 aliphatic heterocycles. The summed E-state index contributed by atoms with van der Waals surface area (Å²) in [5, 5.41) is 3.23. The van der Waals surface area contributed by atoms with E-state index in [0.29, 0.717) is 16.3 Å². The van der Waals surface area contributed by atoms with E-state index >= 15 is 0 Å². The van der Waals surface area contributed by atoms with E-state index in [1.165, 1.54) is 17.7 Å². The molecule has 0 saturated heterocycles. The van der Waals surface area contributed by atoms with Crippen LogP contribution in [0.5, 0.6) is 5.75 Å². The SMILES string of the molecule is CCCc1ccc(OCCNC(=O)CN(c2ccc(Cl)cc2C)S(=O)(=O)c2ccccc2)cc1. The number of ether oxygens (including phenoxy) is 1. The van der Waals surface area contributed by atoms with Gasteiger partial charge < -0.3 is 10.1 Å². The molecule has 180 valence electrons. The van der Waals surface area contributed by atoms with Crippen molar-refractivity contribution in [1.82, 2.24) is 5.32 Å². The van der Waals surface area contributed by atoms with Crippen molar-refractivity contribution in [3.63, 3.8) is 0 Å². The number of halogens is 1. The van der Waals surface area contributed by atoms with E-state index < -0.39 is 15.9 Å². The predicted molar refractivity (Wildman–Crippen MR) is 136 cm³/mol. The molecule has 0 saturated carbocycles. The molecule has 0 aromatic heterocycles. The van der Waals surface area contributed by atoms with Gasteiger partial charge in [0, 0.05) is 5.02 Å². The lowest BCUT2D eigenvalue weighted by Gasteiger charge is -2.25. The molecular weight excluding hydrogens is 472 g/mol. The summed E-state index contributed by atoms with van der Waals surface area (Å²) in [7, 11) is -3.97. The van der Waals surface area contributed by atoms with E-state index in [2.05, 4.69) is 12.2 Å². The van der Waals surface area contributed by atoms with Crippen molar-refractivity contribution in [2.45, 2.75) is 31.6 Å².